The van der Waals surface area contributed by atoms with Crippen LogP contribution in [0.2, 0.25) is 5.02 Å². The maximum absolute atomic E-state index is 11.8. The van der Waals surface area contributed by atoms with Crippen LogP contribution in [0.4, 0.5) is 0 Å². The molecule has 19 heavy (non-hydrogen) atoms. The van der Waals surface area contributed by atoms with Crippen LogP contribution in [0.1, 0.15) is 29.9 Å². The van der Waals surface area contributed by atoms with Crippen LogP contribution >= 0.6 is 11.6 Å². The molecule has 100 valence electrons. The molecule has 0 aliphatic heterocycles. The molecule has 1 heterocycles. The fraction of sp³-hybridized carbons (Fsp3) is 0.286. The molecule has 5 heteroatoms. The summed E-state index contributed by atoms with van der Waals surface area (Å²) in [5, 5.41) is 5.00. The highest BCUT2D eigenvalue weighted by atomic mass is 35.5. The summed E-state index contributed by atoms with van der Waals surface area (Å²) < 4.78 is 1.69. The van der Waals surface area contributed by atoms with Gasteiger partial charge in [-0.05, 0) is 38.5 Å². The third-order valence-electron chi connectivity index (χ3n) is 2.97. The number of hydrogen-bond acceptors (Lipinski definition) is 3. The Morgan fingerprint density at radius 1 is 1.32 bits per heavy atom. The van der Waals surface area contributed by atoms with Gasteiger partial charge in [-0.2, -0.15) is 5.10 Å². The number of aryl methyl sites for hydroxylation is 2. The Kier molecular flexibility index (Phi) is 3.73. The first kappa shape index (κ1) is 13.8. The van der Waals surface area contributed by atoms with Crippen molar-refractivity contribution < 1.29 is 0 Å². The van der Waals surface area contributed by atoms with Gasteiger partial charge in [-0.25, -0.2) is 4.68 Å². The average Bonchev–Trinajstić information content (AvgIpc) is 2.32. The summed E-state index contributed by atoms with van der Waals surface area (Å²) in [6, 6.07) is 6.80. The molecular weight excluding hydrogens is 262 g/mol. The van der Waals surface area contributed by atoms with Gasteiger partial charge in [0.2, 0.25) is 5.43 Å². The molecule has 0 radical (unpaired) electrons. The van der Waals surface area contributed by atoms with Gasteiger partial charge in [0.25, 0.3) is 0 Å². The number of rotatable bonds is 2. The highest BCUT2D eigenvalue weighted by Crippen LogP contribution is 2.19. The van der Waals surface area contributed by atoms with E-state index in [4.69, 9.17) is 17.3 Å². The molecule has 0 spiro atoms. The van der Waals surface area contributed by atoms with E-state index in [9.17, 15) is 4.79 Å². The van der Waals surface area contributed by atoms with E-state index in [0.717, 1.165) is 16.9 Å². The number of benzene rings is 1. The van der Waals surface area contributed by atoms with Crippen molar-refractivity contribution in [1.82, 2.24) is 9.78 Å². The molecule has 2 rings (SSSR count). The minimum Gasteiger partial charge on any atom is -0.323 e. The Labute approximate surface area is 116 Å². The van der Waals surface area contributed by atoms with E-state index < -0.39 is 6.04 Å². The molecule has 1 atom stereocenters. The van der Waals surface area contributed by atoms with Crippen molar-refractivity contribution in [3.05, 3.63) is 56.5 Å². The van der Waals surface area contributed by atoms with Crippen molar-refractivity contribution in [3.63, 3.8) is 0 Å². The quantitative estimate of drug-likeness (QED) is 0.917. The van der Waals surface area contributed by atoms with Crippen LogP contribution in [-0.4, -0.2) is 9.78 Å². The summed E-state index contributed by atoms with van der Waals surface area (Å²) in [6.07, 6.45) is 0. The molecule has 4 nitrogen and oxygen atoms in total. The van der Waals surface area contributed by atoms with Crippen LogP contribution in [-0.2, 0) is 0 Å². The monoisotopic (exact) mass is 277 g/mol. The lowest BCUT2D eigenvalue weighted by Gasteiger charge is -2.13. The van der Waals surface area contributed by atoms with Crippen LogP contribution in [0.5, 0.6) is 0 Å². The highest BCUT2D eigenvalue weighted by molar-refractivity contribution is 6.31. The third-order valence-corrected chi connectivity index (χ3v) is 3.37. The molecule has 1 aromatic carbocycles. The van der Waals surface area contributed by atoms with Crippen molar-refractivity contribution in [2.75, 3.05) is 0 Å². The molecule has 0 fully saturated rings. The van der Waals surface area contributed by atoms with Crippen molar-refractivity contribution in [1.29, 1.82) is 0 Å². The maximum Gasteiger partial charge on any atom is 0.205 e. The summed E-state index contributed by atoms with van der Waals surface area (Å²) in [7, 11) is 0. The lowest BCUT2D eigenvalue weighted by Crippen LogP contribution is -2.24. The molecule has 0 saturated carbocycles. The van der Waals surface area contributed by atoms with Crippen molar-refractivity contribution >= 4 is 11.6 Å². The van der Waals surface area contributed by atoms with Gasteiger partial charge in [-0.15, -0.1) is 0 Å². The summed E-state index contributed by atoms with van der Waals surface area (Å²) in [5.41, 5.74) is 8.53. The Bertz CT molecular complexity index is 677. The minimum atomic E-state index is -0.403. The molecule has 1 unspecified atom stereocenters. The van der Waals surface area contributed by atoms with E-state index in [0.29, 0.717) is 10.7 Å². The van der Waals surface area contributed by atoms with Gasteiger partial charge in [0.15, 0.2) is 0 Å². The van der Waals surface area contributed by atoms with Gasteiger partial charge >= 0.3 is 0 Å². The fourth-order valence-electron chi connectivity index (χ4n) is 1.85. The Morgan fingerprint density at radius 2 is 2.00 bits per heavy atom. The molecular formula is C14H16ClN3O. The first-order valence-corrected chi connectivity index (χ1v) is 6.41. The number of nitrogens with zero attached hydrogens (tertiary/aromatic N) is 2. The zero-order valence-corrected chi connectivity index (χ0v) is 11.9. The summed E-state index contributed by atoms with van der Waals surface area (Å²) in [5.74, 6) is 0. The second-order valence-corrected chi connectivity index (χ2v) is 5.08. The van der Waals surface area contributed by atoms with Gasteiger partial charge in [-0.1, -0.05) is 17.7 Å². The average molecular weight is 278 g/mol. The van der Waals surface area contributed by atoms with E-state index >= 15 is 0 Å². The predicted octanol–water partition coefficient (Wildman–Crippen LogP) is 2.52. The highest BCUT2D eigenvalue weighted by Gasteiger charge is 2.11. The van der Waals surface area contributed by atoms with Crippen molar-refractivity contribution in [2.45, 2.75) is 26.8 Å². The molecule has 0 bridgehead atoms. The van der Waals surface area contributed by atoms with Gasteiger partial charge in [0.05, 0.1) is 5.69 Å². The lowest BCUT2D eigenvalue weighted by atomic mass is 10.2. The first-order valence-electron chi connectivity index (χ1n) is 6.03. The molecule has 0 aliphatic carbocycles. The smallest absolute Gasteiger partial charge is 0.205 e. The number of nitrogens with two attached hydrogens (primary N) is 1. The van der Waals surface area contributed by atoms with Crippen LogP contribution in [0.15, 0.2) is 29.1 Å². The number of aromatic nitrogens is 2. The maximum atomic E-state index is 11.8. The normalized spacial score (nSPS) is 12.5. The lowest BCUT2D eigenvalue weighted by molar-refractivity contribution is 0.687. The SMILES string of the molecule is Cc1ccc(-n2nc(C(C)N)c(=O)cc2C)cc1Cl. The van der Waals surface area contributed by atoms with E-state index in [-0.39, 0.29) is 5.43 Å². The second kappa shape index (κ2) is 5.15. The fourth-order valence-corrected chi connectivity index (χ4v) is 2.03. The summed E-state index contributed by atoms with van der Waals surface area (Å²) >= 11 is 6.12. The molecule has 2 aromatic rings. The van der Waals surface area contributed by atoms with Crippen molar-refractivity contribution in [2.24, 2.45) is 5.73 Å². The Hall–Kier alpha value is -1.65. The third kappa shape index (κ3) is 2.69. The van der Waals surface area contributed by atoms with Crippen LogP contribution < -0.4 is 11.2 Å². The standard InChI is InChI=1S/C14H16ClN3O/c1-8-4-5-11(7-12(8)15)18-9(2)6-13(19)14(17-18)10(3)16/h4-7,10H,16H2,1-3H3. The zero-order chi connectivity index (χ0) is 14.2. The molecule has 1 aromatic heterocycles. The van der Waals surface area contributed by atoms with Crippen LogP contribution in [0.25, 0.3) is 5.69 Å². The second-order valence-electron chi connectivity index (χ2n) is 4.67. The molecule has 0 amide bonds. The number of hydrogen-bond donors (Lipinski definition) is 1. The summed E-state index contributed by atoms with van der Waals surface area (Å²) in [6.45, 7) is 5.50. The Balaban J connectivity index is 2.64. The summed E-state index contributed by atoms with van der Waals surface area (Å²) in [4.78, 5) is 11.8. The van der Waals surface area contributed by atoms with E-state index in [2.05, 4.69) is 5.10 Å². The first-order chi connectivity index (χ1) is 8.90. The van der Waals surface area contributed by atoms with E-state index in [1.54, 1.807) is 17.7 Å². The van der Waals surface area contributed by atoms with Gasteiger partial charge in [-0.3, -0.25) is 4.79 Å². The van der Waals surface area contributed by atoms with E-state index in [1.165, 1.54) is 0 Å². The predicted molar refractivity (Wildman–Crippen MR) is 76.9 cm³/mol. The Morgan fingerprint density at radius 3 is 2.58 bits per heavy atom. The molecule has 0 aliphatic rings. The van der Waals surface area contributed by atoms with E-state index in [1.807, 2.05) is 32.0 Å². The van der Waals surface area contributed by atoms with Crippen LogP contribution in [0.3, 0.4) is 0 Å². The minimum absolute atomic E-state index is 0.137. The molecule has 2 N–H and O–H groups in total. The zero-order valence-electron chi connectivity index (χ0n) is 11.1. The molecule has 0 saturated heterocycles. The largest absolute Gasteiger partial charge is 0.323 e. The van der Waals surface area contributed by atoms with Gasteiger partial charge in [0, 0.05) is 22.8 Å². The van der Waals surface area contributed by atoms with Gasteiger partial charge in [0.1, 0.15) is 5.69 Å². The topological polar surface area (TPSA) is 60.9 Å². The van der Waals surface area contributed by atoms with Crippen molar-refractivity contribution in [3.8, 4) is 5.69 Å². The van der Waals surface area contributed by atoms with Gasteiger partial charge < -0.3 is 5.73 Å². The number of halogens is 1. The van der Waals surface area contributed by atoms with Crippen LogP contribution in [0, 0.1) is 13.8 Å².